The zero-order valence-electron chi connectivity index (χ0n) is 7.71. The molecule has 3 heteroatoms. The number of hydrogen-bond acceptors (Lipinski definition) is 3. The van der Waals surface area contributed by atoms with E-state index < -0.39 is 6.16 Å². The summed E-state index contributed by atoms with van der Waals surface area (Å²) in [6, 6.07) is 0. The van der Waals surface area contributed by atoms with Gasteiger partial charge in [0.15, 0.2) is 0 Å². The van der Waals surface area contributed by atoms with E-state index in [0.717, 1.165) is 25.7 Å². The lowest BCUT2D eigenvalue weighted by Gasteiger charge is -2.28. The fourth-order valence-electron chi connectivity index (χ4n) is 1.44. The molecule has 1 heterocycles. The van der Waals surface area contributed by atoms with E-state index in [2.05, 4.69) is 6.92 Å². The van der Waals surface area contributed by atoms with E-state index >= 15 is 0 Å². The highest BCUT2D eigenvalue weighted by molar-refractivity contribution is 5.61. The average Bonchev–Trinajstić information content (AvgIpc) is 2.04. The Kier molecular flexibility index (Phi) is 3.38. The van der Waals surface area contributed by atoms with E-state index in [4.69, 9.17) is 9.47 Å². The van der Waals surface area contributed by atoms with Crippen molar-refractivity contribution in [2.45, 2.75) is 51.7 Å². The third-order valence-electron chi connectivity index (χ3n) is 2.12. The number of ether oxygens (including phenoxy) is 2. The summed E-state index contributed by atoms with van der Waals surface area (Å²) in [5.41, 5.74) is 0. The molecule has 2 unspecified atom stereocenters. The van der Waals surface area contributed by atoms with Gasteiger partial charge in [0.05, 0.1) is 0 Å². The molecule has 70 valence electrons. The van der Waals surface area contributed by atoms with Crippen LogP contribution in [0.1, 0.15) is 39.5 Å². The highest BCUT2D eigenvalue weighted by atomic mass is 16.7. The molecule has 0 aromatic heterocycles. The minimum absolute atomic E-state index is 0.0720. The first-order chi connectivity index (χ1) is 5.76. The maximum atomic E-state index is 10.9. The molecule has 1 aliphatic heterocycles. The van der Waals surface area contributed by atoms with Crippen molar-refractivity contribution in [2.24, 2.45) is 0 Å². The van der Waals surface area contributed by atoms with Gasteiger partial charge in [0.2, 0.25) is 0 Å². The smallest absolute Gasteiger partial charge is 0.431 e. The molecule has 0 saturated carbocycles. The Balaban J connectivity index is 2.39. The third-order valence-corrected chi connectivity index (χ3v) is 2.12. The van der Waals surface area contributed by atoms with Gasteiger partial charge in [-0.1, -0.05) is 20.3 Å². The third kappa shape index (κ3) is 2.40. The first kappa shape index (κ1) is 9.36. The second-order valence-electron chi connectivity index (χ2n) is 3.16. The van der Waals surface area contributed by atoms with Gasteiger partial charge in [0.25, 0.3) is 0 Å². The summed E-state index contributed by atoms with van der Waals surface area (Å²) in [5, 5.41) is 0. The van der Waals surface area contributed by atoms with Gasteiger partial charge in [-0.3, -0.25) is 0 Å². The maximum Gasteiger partial charge on any atom is 0.508 e. The Morgan fingerprint density at radius 3 is 2.58 bits per heavy atom. The molecule has 0 spiro atoms. The molecular weight excluding hydrogens is 156 g/mol. The molecular formula is C9H16O3. The molecule has 0 aliphatic carbocycles. The van der Waals surface area contributed by atoms with E-state index in [1.54, 1.807) is 0 Å². The molecule has 2 atom stereocenters. The van der Waals surface area contributed by atoms with Crippen molar-refractivity contribution < 1.29 is 14.3 Å². The SMILES string of the molecule is CCCC1CC(CC)OC(=O)O1. The molecule has 1 saturated heterocycles. The van der Waals surface area contributed by atoms with E-state index in [1.165, 1.54) is 0 Å². The number of hydrogen-bond donors (Lipinski definition) is 0. The second kappa shape index (κ2) is 4.33. The Hall–Kier alpha value is -0.730. The van der Waals surface area contributed by atoms with E-state index in [0.29, 0.717) is 0 Å². The van der Waals surface area contributed by atoms with Gasteiger partial charge in [-0.25, -0.2) is 4.79 Å². The lowest BCUT2D eigenvalue weighted by atomic mass is 10.0. The quantitative estimate of drug-likeness (QED) is 0.613. The van der Waals surface area contributed by atoms with Crippen molar-refractivity contribution in [3.63, 3.8) is 0 Å². The summed E-state index contributed by atoms with van der Waals surface area (Å²) < 4.78 is 9.95. The van der Waals surface area contributed by atoms with Gasteiger partial charge in [0.1, 0.15) is 12.2 Å². The minimum Gasteiger partial charge on any atom is -0.431 e. The van der Waals surface area contributed by atoms with Crippen molar-refractivity contribution in [3.05, 3.63) is 0 Å². The van der Waals surface area contributed by atoms with Gasteiger partial charge in [-0.2, -0.15) is 0 Å². The molecule has 12 heavy (non-hydrogen) atoms. The predicted molar refractivity (Wildman–Crippen MR) is 45.0 cm³/mol. The van der Waals surface area contributed by atoms with E-state index in [1.807, 2.05) is 6.92 Å². The fourth-order valence-corrected chi connectivity index (χ4v) is 1.44. The number of rotatable bonds is 3. The van der Waals surface area contributed by atoms with Crippen molar-refractivity contribution in [1.29, 1.82) is 0 Å². The summed E-state index contributed by atoms with van der Waals surface area (Å²) in [5.74, 6) is 0. The standard InChI is InChI=1S/C9H16O3/c1-3-5-8-6-7(4-2)11-9(10)12-8/h7-8H,3-6H2,1-2H3. The van der Waals surface area contributed by atoms with Crippen LogP contribution in [-0.2, 0) is 9.47 Å². The Morgan fingerprint density at radius 2 is 2.00 bits per heavy atom. The molecule has 1 rings (SSSR count). The summed E-state index contributed by atoms with van der Waals surface area (Å²) in [4.78, 5) is 10.9. The van der Waals surface area contributed by atoms with Gasteiger partial charge in [-0.05, 0) is 12.8 Å². The summed E-state index contributed by atoms with van der Waals surface area (Å²) in [6.45, 7) is 4.11. The lowest BCUT2D eigenvalue weighted by molar-refractivity contribution is -0.0627. The monoisotopic (exact) mass is 172 g/mol. The van der Waals surface area contributed by atoms with Crippen LogP contribution in [0.15, 0.2) is 0 Å². The molecule has 0 radical (unpaired) electrons. The van der Waals surface area contributed by atoms with Gasteiger partial charge in [-0.15, -0.1) is 0 Å². The van der Waals surface area contributed by atoms with Crippen LogP contribution in [0.5, 0.6) is 0 Å². The van der Waals surface area contributed by atoms with Gasteiger partial charge >= 0.3 is 6.16 Å². The molecule has 0 aromatic carbocycles. The van der Waals surface area contributed by atoms with Crippen molar-refractivity contribution >= 4 is 6.16 Å². The normalized spacial score (nSPS) is 29.3. The fraction of sp³-hybridized carbons (Fsp3) is 0.889. The Bertz CT molecular complexity index is 156. The van der Waals surface area contributed by atoms with Crippen molar-refractivity contribution in [2.75, 3.05) is 0 Å². The highest BCUT2D eigenvalue weighted by Gasteiger charge is 2.27. The molecule has 0 aromatic rings. The maximum absolute atomic E-state index is 10.9. The Labute approximate surface area is 73.0 Å². The summed E-state index contributed by atoms with van der Waals surface area (Å²) in [7, 11) is 0. The van der Waals surface area contributed by atoms with Crippen LogP contribution in [0.2, 0.25) is 0 Å². The zero-order chi connectivity index (χ0) is 8.97. The van der Waals surface area contributed by atoms with Gasteiger partial charge < -0.3 is 9.47 Å². The highest BCUT2D eigenvalue weighted by Crippen LogP contribution is 2.20. The van der Waals surface area contributed by atoms with Gasteiger partial charge in [0, 0.05) is 6.42 Å². The summed E-state index contributed by atoms with van der Waals surface area (Å²) >= 11 is 0. The van der Waals surface area contributed by atoms with Crippen molar-refractivity contribution in [1.82, 2.24) is 0 Å². The molecule has 1 fully saturated rings. The lowest BCUT2D eigenvalue weighted by Crippen LogP contribution is -2.33. The van der Waals surface area contributed by atoms with E-state index in [9.17, 15) is 4.79 Å². The van der Waals surface area contributed by atoms with Crippen LogP contribution in [0.3, 0.4) is 0 Å². The van der Waals surface area contributed by atoms with Crippen molar-refractivity contribution in [3.8, 4) is 0 Å². The number of carbonyl (C=O) groups excluding carboxylic acids is 1. The summed E-state index contributed by atoms with van der Waals surface area (Å²) in [6.07, 6.45) is 3.40. The second-order valence-corrected chi connectivity index (χ2v) is 3.16. The first-order valence-corrected chi connectivity index (χ1v) is 4.63. The molecule has 0 N–H and O–H groups in total. The van der Waals surface area contributed by atoms with Crippen LogP contribution in [0, 0.1) is 0 Å². The van der Waals surface area contributed by atoms with Crippen LogP contribution in [0.4, 0.5) is 4.79 Å². The van der Waals surface area contributed by atoms with Crippen LogP contribution < -0.4 is 0 Å². The topological polar surface area (TPSA) is 35.5 Å². The zero-order valence-corrected chi connectivity index (χ0v) is 7.71. The van der Waals surface area contributed by atoms with Crippen LogP contribution >= 0.6 is 0 Å². The Morgan fingerprint density at radius 1 is 1.33 bits per heavy atom. The van der Waals surface area contributed by atoms with Crippen LogP contribution in [0.25, 0.3) is 0 Å². The number of carbonyl (C=O) groups is 1. The average molecular weight is 172 g/mol. The minimum atomic E-state index is -0.494. The van der Waals surface area contributed by atoms with E-state index in [-0.39, 0.29) is 12.2 Å². The molecule has 3 nitrogen and oxygen atoms in total. The molecule has 0 amide bonds. The largest absolute Gasteiger partial charge is 0.508 e. The number of cyclic esters (lactones) is 2. The predicted octanol–water partition coefficient (Wildman–Crippen LogP) is 2.49. The first-order valence-electron chi connectivity index (χ1n) is 4.63. The van der Waals surface area contributed by atoms with Crippen LogP contribution in [-0.4, -0.2) is 18.4 Å². The molecule has 1 aliphatic rings. The molecule has 0 bridgehead atoms.